The van der Waals surface area contributed by atoms with Gasteiger partial charge in [-0.1, -0.05) is 0 Å². The Hall–Kier alpha value is -0.120. The second-order valence-corrected chi connectivity index (χ2v) is 3.55. The average Bonchev–Trinajstić information content (AvgIpc) is 1.84. The predicted octanol–water partition coefficient (Wildman–Crippen LogP) is 0.527. The molecule has 3 N–H and O–H groups in total. The number of rotatable bonds is 6. The molecule has 3 nitrogen and oxygen atoms in total. The molecular formula is C9H20O3. The fourth-order valence-electron chi connectivity index (χ4n) is 1.48. The quantitative estimate of drug-likeness (QED) is 0.553. The molecule has 2 unspecified atom stereocenters. The zero-order valence-corrected chi connectivity index (χ0v) is 7.90. The van der Waals surface area contributed by atoms with Gasteiger partial charge in [0.05, 0.1) is 12.2 Å². The second kappa shape index (κ2) is 6.40. The fourth-order valence-corrected chi connectivity index (χ4v) is 1.48. The Morgan fingerprint density at radius 1 is 1.00 bits per heavy atom. The van der Waals surface area contributed by atoms with Crippen molar-refractivity contribution >= 4 is 0 Å². The van der Waals surface area contributed by atoms with Crippen molar-refractivity contribution in [1.82, 2.24) is 0 Å². The van der Waals surface area contributed by atoms with Gasteiger partial charge in [-0.15, -0.1) is 0 Å². The average molecular weight is 176 g/mol. The topological polar surface area (TPSA) is 60.7 Å². The molecule has 0 radical (unpaired) electrons. The Kier molecular flexibility index (Phi) is 6.34. The van der Waals surface area contributed by atoms with E-state index in [1.54, 1.807) is 13.8 Å². The molecule has 0 aliphatic rings. The lowest BCUT2D eigenvalue weighted by Gasteiger charge is -2.18. The first kappa shape index (κ1) is 11.9. The highest BCUT2D eigenvalue weighted by molar-refractivity contribution is 4.65. The summed E-state index contributed by atoms with van der Waals surface area (Å²) >= 11 is 0. The summed E-state index contributed by atoms with van der Waals surface area (Å²) in [5.41, 5.74) is 0. The molecule has 0 aliphatic heterocycles. The van der Waals surface area contributed by atoms with Gasteiger partial charge in [-0.3, -0.25) is 0 Å². The van der Waals surface area contributed by atoms with Crippen LogP contribution < -0.4 is 0 Å². The molecule has 0 fully saturated rings. The molecule has 0 rings (SSSR count). The van der Waals surface area contributed by atoms with Crippen LogP contribution in [0, 0.1) is 5.92 Å². The zero-order valence-electron chi connectivity index (χ0n) is 7.90. The molecule has 0 aromatic rings. The van der Waals surface area contributed by atoms with E-state index in [2.05, 4.69) is 0 Å². The minimum atomic E-state index is -0.347. The number of aliphatic hydroxyl groups excluding tert-OH is 3. The van der Waals surface area contributed by atoms with E-state index in [0.717, 1.165) is 0 Å². The summed E-state index contributed by atoms with van der Waals surface area (Å²) in [6, 6.07) is 0. The van der Waals surface area contributed by atoms with Gasteiger partial charge in [0.25, 0.3) is 0 Å². The Morgan fingerprint density at radius 2 is 1.42 bits per heavy atom. The lowest BCUT2D eigenvalue weighted by atomic mass is 9.93. The Bertz CT molecular complexity index is 91.9. The highest BCUT2D eigenvalue weighted by atomic mass is 16.3. The molecule has 0 aromatic carbocycles. The van der Waals surface area contributed by atoms with Gasteiger partial charge in [0, 0.05) is 6.61 Å². The van der Waals surface area contributed by atoms with E-state index in [4.69, 9.17) is 15.3 Å². The molecule has 2 atom stereocenters. The summed E-state index contributed by atoms with van der Waals surface area (Å²) in [5.74, 6) is 0.231. The van der Waals surface area contributed by atoms with Gasteiger partial charge in [-0.25, -0.2) is 0 Å². The second-order valence-electron chi connectivity index (χ2n) is 3.55. The molecule has 0 saturated carbocycles. The van der Waals surface area contributed by atoms with Crippen LogP contribution in [0.5, 0.6) is 0 Å². The Labute approximate surface area is 74.0 Å². The van der Waals surface area contributed by atoms with E-state index >= 15 is 0 Å². The molecule has 0 saturated heterocycles. The monoisotopic (exact) mass is 176 g/mol. The van der Waals surface area contributed by atoms with E-state index in [0.29, 0.717) is 19.3 Å². The van der Waals surface area contributed by atoms with Crippen LogP contribution >= 0.6 is 0 Å². The van der Waals surface area contributed by atoms with E-state index in [1.165, 1.54) is 0 Å². The van der Waals surface area contributed by atoms with Crippen molar-refractivity contribution in [2.45, 2.75) is 45.3 Å². The molecule has 0 bridgehead atoms. The SMILES string of the molecule is CC(O)CC(CCO)CC(C)O. The highest BCUT2D eigenvalue weighted by Gasteiger charge is 2.13. The Balaban J connectivity index is 3.69. The molecule has 0 aliphatic carbocycles. The van der Waals surface area contributed by atoms with E-state index < -0.39 is 0 Å². The summed E-state index contributed by atoms with van der Waals surface area (Å²) in [4.78, 5) is 0. The van der Waals surface area contributed by atoms with Crippen molar-refractivity contribution in [3.8, 4) is 0 Å². The van der Waals surface area contributed by atoms with Crippen molar-refractivity contribution in [2.75, 3.05) is 6.61 Å². The minimum Gasteiger partial charge on any atom is -0.396 e. The van der Waals surface area contributed by atoms with Gasteiger partial charge >= 0.3 is 0 Å². The van der Waals surface area contributed by atoms with Gasteiger partial charge in [0.2, 0.25) is 0 Å². The van der Waals surface area contributed by atoms with Crippen LogP contribution in [0.4, 0.5) is 0 Å². The van der Waals surface area contributed by atoms with Crippen LogP contribution in [0.2, 0.25) is 0 Å². The van der Waals surface area contributed by atoms with Crippen molar-refractivity contribution in [3.63, 3.8) is 0 Å². The molecule has 0 heterocycles. The number of hydrogen-bond donors (Lipinski definition) is 3. The van der Waals surface area contributed by atoms with Crippen molar-refractivity contribution in [1.29, 1.82) is 0 Å². The van der Waals surface area contributed by atoms with E-state index in [9.17, 15) is 0 Å². The number of aliphatic hydroxyl groups is 3. The van der Waals surface area contributed by atoms with Gasteiger partial charge in [-0.2, -0.15) is 0 Å². The van der Waals surface area contributed by atoms with Gasteiger partial charge < -0.3 is 15.3 Å². The third-order valence-electron chi connectivity index (χ3n) is 1.89. The first-order valence-corrected chi connectivity index (χ1v) is 4.53. The molecular weight excluding hydrogens is 156 g/mol. The highest BCUT2D eigenvalue weighted by Crippen LogP contribution is 2.17. The van der Waals surface area contributed by atoms with Crippen molar-refractivity contribution < 1.29 is 15.3 Å². The van der Waals surface area contributed by atoms with Crippen molar-refractivity contribution in [3.05, 3.63) is 0 Å². The zero-order chi connectivity index (χ0) is 9.56. The molecule has 0 amide bonds. The van der Waals surface area contributed by atoms with Crippen LogP contribution in [0.1, 0.15) is 33.1 Å². The third kappa shape index (κ3) is 6.58. The lowest BCUT2D eigenvalue weighted by Crippen LogP contribution is -2.16. The van der Waals surface area contributed by atoms with Crippen LogP contribution in [-0.2, 0) is 0 Å². The number of hydrogen-bond acceptors (Lipinski definition) is 3. The molecule has 0 spiro atoms. The summed E-state index contributed by atoms with van der Waals surface area (Å²) in [7, 11) is 0. The van der Waals surface area contributed by atoms with E-state index in [-0.39, 0.29) is 24.7 Å². The maximum absolute atomic E-state index is 9.10. The molecule has 12 heavy (non-hydrogen) atoms. The summed E-state index contributed by atoms with van der Waals surface area (Å²) in [5, 5.41) is 26.9. The third-order valence-corrected chi connectivity index (χ3v) is 1.89. The van der Waals surface area contributed by atoms with Gasteiger partial charge in [-0.05, 0) is 39.0 Å². The van der Waals surface area contributed by atoms with Crippen LogP contribution in [0.3, 0.4) is 0 Å². The predicted molar refractivity (Wildman–Crippen MR) is 47.8 cm³/mol. The molecule has 3 heteroatoms. The smallest absolute Gasteiger partial charge is 0.0514 e. The fraction of sp³-hybridized carbons (Fsp3) is 1.00. The van der Waals surface area contributed by atoms with Crippen molar-refractivity contribution in [2.24, 2.45) is 5.92 Å². The van der Waals surface area contributed by atoms with Gasteiger partial charge in [0.1, 0.15) is 0 Å². The Morgan fingerprint density at radius 3 is 1.67 bits per heavy atom. The summed E-state index contributed by atoms with van der Waals surface area (Å²) in [6.07, 6.45) is 1.28. The summed E-state index contributed by atoms with van der Waals surface area (Å²) < 4.78 is 0. The summed E-state index contributed by atoms with van der Waals surface area (Å²) in [6.45, 7) is 3.59. The maximum atomic E-state index is 9.10. The van der Waals surface area contributed by atoms with Crippen LogP contribution in [-0.4, -0.2) is 34.1 Å². The van der Waals surface area contributed by atoms with Gasteiger partial charge in [0.15, 0.2) is 0 Å². The molecule has 74 valence electrons. The standard InChI is InChI=1S/C9H20O3/c1-7(11)5-9(3-4-10)6-8(2)12/h7-12H,3-6H2,1-2H3. The van der Waals surface area contributed by atoms with E-state index in [1.807, 2.05) is 0 Å². The minimum absolute atomic E-state index is 0.129. The normalized spacial score (nSPS) is 18.8. The largest absolute Gasteiger partial charge is 0.396 e. The molecule has 0 aromatic heterocycles. The van der Waals surface area contributed by atoms with Crippen LogP contribution in [0.15, 0.2) is 0 Å². The first-order chi connectivity index (χ1) is 5.56. The van der Waals surface area contributed by atoms with Crippen LogP contribution in [0.25, 0.3) is 0 Å². The maximum Gasteiger partial charge on any atom is 0.0514 e. The first-order valence-electron chi connectivity index (χ1n) is 4.53. The lowest BCUT2D eigenvalue weighted by molar-refractivity contribution is 0.107.